The van der Waals surface area contributed by atoms with Gasteiger partial charge < -0.3 is 24.1 Å². The summed E-state index contributed by atoms with van der Waals surface area (Å²) in [5, 5.41) is 12.8. The van der Waals surface area contributed by atoms with Crippen molar-refractivity contribution in [2.24, 2.45) is 5.92 Å². The van der Waals surface area contributed by atoms with Gasteiger partial charge in [0.2, 0.25) is 5.91 Å². The molecule has 1 aliphatic rings. The number of halogens is 3. The number of aryl methyl sites for hydroxylation is 2. The Morgan fingerprint density at radius 1 is 1.12 bits per heavy atom. The summed E-state index contributed by atoms with van der Waals surface area (Å²) < 4.78 is 50.4. The fourth-order valence-corrected chi connectivity index (χ4v) is 6.59. The number of methoxy groups -OCH3 is 1. The van der Waals surface area contributed by atoms with Crippen LogP contribution in [0.15, 0.2) is 59.9 Å². The van der Waals surface area contributed by atoms with Gasteiger partial charge in [-0.25, -0.2) is 4.98 Å². The number of hydrogen-bond donors (Lipinski definition) is 2. The zero-order chi connectivity index (χ0) is 35.6. The van der Waals surface area contributed by atoms with Gasteiger partial charge in [-0.1, -0.05) is 32.0 Å². The van der Waals surface area contributed by atoms with Gasteiger partial charge >= 0.3 is 12.1 Å². The number of carboxylic acids is 1. The van der Waals surface area contributed by atoms with Crippen LogP contribution in [0.25, 0.3) is 16.8 Å². The van der Waals surface area contributed by atoms with Crippen molar-refractivity contribution in [3.8, 4) is 11.1 Å². The average Bonchev–Trinajstić information content (AvgIpc) is 3.47. The first-order valence-corrected chi connectivity index (χ1v) is 16.3. The zero-order valence-corrected chi connectivity index (χ0v) is 28.3. The molecule has 5 rings (SSSR count). The summed E-state index contributed by atoms with van der Waals surface area (Å²) in [6.45, 7) is 9.13. The first-order valence-electron chi connectivity index (χ1n) is 16.3. The maximum Gasteiger partial charge on any atom is 0.416 e. The smallest absolute Gasteiger partial charge is 0.416 e. The molecule has 13 heteroatoms. The molecule has 3 aromatic heterocycles. The van der Waals surface area contributed by atoms with Crippen LogP contribution in [0.2, 0.25) is 0 Å². The van der Waals surface area contributed by atoms with E-state index < -0.39 is 47.7 Å². The van der Waals surface area contributed by atoms with Crippen molar-refractivity contribution in [1.82, 2.24) is 24.2 Å². The molecule has 0 aliphatic carbocycles. The van der Waals surface area contributed by atoms with E-state index in [1.54, 1.807) is 30.1 Å². The number of pyridine rings is 2. The highest BCUT2D eigenvalue weighted by Gasteiger charge is 2.36. The Kier molecular flexibility index (Phi) is 10.6. The lowest BCUT2D eigenvalue weighted by Crippen LogP contribution is -2.52. The van der Waals surface area contributed by atoms with Crippen molar-refractivity contribution in [3.05, 3.63) is 93.3 Å². The third-order valence-corrected chi connectivity index (χ3v) is 9.11. The quantitative estimate of drug-likeness (QED) is 0.189. The van der Waals surface area contributed by atoms with Crippen molar-refractivity contribution in [3.63, 3.8) is 0 Å². The summed E-state index contributed by atoms with van der Waals surface area (Å²) in [6, 6.07) is 6.03. The van der Waals surface area contributed by atoms with Crippen LogP contribution in [0.4, 0.5) is 13.2 Å². The van der Waals surface area contributed by atoms with Crippen molar-refractivity contribution in [2.45, 2.75) is 71.3 Å². The maximum absolute atomic E-state index is 14.1. The van der Waals surface area contributed by atoms with E-state index >= 15 is 0 Å². The molecular formula is C36H42F3N5O5. The monoisotopic (exact) mass is 681 g/mol. The molecule has 1 fully saturated rings. The van der Waals surface area contributed by atoms with Crippen molar-refractivity contribution < 1.29 is 32.6 Å². The molecule has 2 N–H and O–H groups in total. The highest BCUT2D eigenvalue weighted by molar-refractivity contribution is 5.84. The fraction of sp³-hybridized carbons (Fsp3) is 0.444. The fourth-order valence-electron chi connectivity index (χ4n) is 6.59. The molecule has 49 heavy (non-hydrogen) atoms. The Labute approximate surface area is 282 Å². The molecule has 0 saturated carbocycles. The molecule has 4 heterocycles. The van der Waals surface area contributed by atoms with E-state index in [0.717, 1.165) is 33.0 Å². The number of ether oxygens (including phenoxy) is 1. The van der Waals surface area contributed by atoms with Gasteiger partial charge in [0, 0.05) is 63.2 Å². The molecule has 1 aromatic carbocycles. The van der Waals surface area contributed by atoms with E-state index in [1.807, 2.05) is 56.9 Å². The number of nitrogens with one attached hydrogen (secondary N) is 1. The third kappa shape index (κ3) is 8.05. The molecule has 262 valence electrons. The number of likely N-dealkylation sites (tertiary alicyclic amines) is 1. The van der Waals surface area contributed by atoms with Gasteiger partial charge in [0.15, 0.2) is 0 Å². The molecule has 1 amide bonds. The number of benzene rings is 1. The molecule has 0 spiro atoms. The van der Waals surface area contributed by atoms with E-state index in [0.29, 0.717) is 36.9 Å². The number of carbonyl (C=O) groups is 2. The van der Waals surface area contributed by atoms with E-state index in [1.165, 1.54) is 0 Å². The van der Waals surface area contributed by atoms with Crippen LogP contribution in [0.3, 0.4) is 0 Å². The molecule has 10 nitrogen and oxygen atoms in total. The van der Waals surface area contributed by atoms with Crippen LogP contribution < -0.4 is 10.9 Å². The minimum Gasteiger partial charge on any atom is -0.481 e. The second-order valence-corrected chi connectivity index (χ2v) is 13.2. The summed E-state index contributed by atoms with van der Waals surface area (Å²) in [5.74, 6) is -1.96. The number of aromatic nitrogens is 3. The number of alkyl halides is 3. The predicted octanol–water partition coefficient (Wildman–Crippen LogP) is 5.59. The molecule has 1 aliphatic heterocycles. The van der Waals surface area contributed by atoms with Crippen molar-refractivity contribution >= 4 is 17.5 Å². The summed E-state index contributed by atoms with van der Waals surface area (Å²) in [7, 11) is 1.58. The summed E-state index contributed by atoms with van der Waals surface area (Å²) in [5.41, 5.74) is 2.71. The van der Waals surface area contributed by atoms with E-state index in [2.05, 4.69) is 10.3 Å². The molecule has 0 unspecified atom stereocenters. The van der Waals surface area contributed by atoms with Crippen LogP contribution >= 0.6 is 0 Å². The standard InChI is InChI=1S/C36H42F3N5O5/c1-21(2)13-30(44-18-24(9-11-42-19-26(20-42)49-5)28(15-31(44)45)36(37,38)39)35(48)41-29(16-32(46)47)25-14-27(34-40-10-12-43(34)17-25)33-22(3)7-6-8-23(33)4/h6-8,10,12,14-15,17-18,21,26,29-30H,9,11,13,16,19-20H2,1-5H3,(H,41,48)(H,46,47)/t29-,30+/m1/s1. The molecule has 0 bridgehead atoms. The lowest BCUT2D eigenvalue weighted by atomic mass is 9.93. The number of carboxylic acid groups (broad SMARTS) is 1. The van der Waals surface area contributed by atoms with Gasteiger partial charge in [-0.3, -0.25) is 19.3 Å². The largest absolute Gasteiger partial charge is 0.481 e. The van der Waals surface area contributed by atoms with Crippen molar-refractivity contribution in [1.29, 1.82) is 0 Å². The Morgan fingerprint density at radius 3 is 2.43 bits per heavy atom. The minimum atomic E-state index is -4.76. The third-order valence-electron chi connectivity index (χ3n) is 9.11. The van der Waals surface area contributed by atoms with Gasteiger partial charge in [0.25, 0.3) is 5.56 Å². The highest BCUT2D eigenvalue weighted by atomic mass is 19.4. The Morgan fingerprint density at radius 2 is 1.82 bits per heavy atom. The molecular weight excluding hydrogens is 639 g/mol. The lowest BCUT2D eigenvalue weighted by Gasteiger charge is -2.38. The topological polar surface area (TPSA) is 118 Å². The molecule has 1 saturated heterocycles. The number of aliphatic carboxylic acids is 1. The van der Waals surface area contributed by atoms with Crippen LogP contribution in [-0.2, 0) is 26.9 Å². The van der Waals surface area contributed by atoms with Gasteiger partial charge in [0.05, 0.1) is 24.1 Å². The molecule has 4 aromatic rings. The highest BCUT2D eigenvalue weighted by Crippen LogP contribution is 2.35. The Hall–Kier alpha value is -4.49. The number of rotatable bonds is 13. The van der Waals surface area contributed by atoms with E-state index in [-0.39, 0.29) is 30.4 Å². The zero-order valence-electron chi connectivity index (χ0n) is 28.3. The second-order valence-electron chi connectivity index (χ2n) is 13.2. The van der Waals surface area contributed by atoms with Gasteiger partial charge in [0.1, 0.15) is 11.7 Å². The summed E-state index contributed by atoms with van der Waals surface area (Å²) >= 11 is 0. The summed E-state index contributed by atoms with van der Waals surface area (Å²) in [4.78, 5) is 46.1. The second kappa shape index (κ2) is 14.6. The van der Waals surface area contributed by atoms with E-state index in [4.69, 9.17) is 4.74 Å². The normalized spacial score (nSPS) is 15.4. The van der Waals surface area contributed by atoms with Crippen molar-refractivity contribution in [2.75, 3.05) is 26.7 Å². The SMILES string of the molecule is COC1CN(CCc2cn([C@@H](CC(C)C)C(=O)N[C@H](CC(=O)O)c3cc(-c4c(C)cccc4C)c4nccn4c3)c(=O)cc2C(F)(F)F)C1. The first-order chi connectivity index (χ1) is 23.2. The number of fused-ring (bicyclic) bond motifs is 1. The average molecular weight is 682 g/mol. The minimum absolute atomic E-state index is 0.00916. The number of imidazole rings is 1. The number of amides is 1. The van der Waals surface area contributed by atoms with Gasteiger partial charge in [-0.05, 0) is 66.5 Å². The van der Waals surface area contributed by atoms with Crippen LogP contribution in [0.5, 0.6) is 0 Å². The Bertz CT molecular complexity index is 1870. The Balaban J connectivity index is 1.53. The summed E-state index contributed by atoms with van der Waals surface area (Å²) in [6.07, 6.45) is 1.15. The van der Waals surface area contributed by atoms with Gasteiger partial charge in [-0.15, -0.1) is 0 Å². The van der Waals surface area contributed by atoms with Crippen LogP contribution in [0.1, 0.15) is 66.6 Å². The molecule has 0 radical (unpaired) electrons. The van der Waals surface area contributed by atoms with E-state index in [9.17, 15) is 32.7 Å². The van der Waals surface area contributed by atoms with Crippen LogP contribution in [0, 0.1) is 19.8 Å². The number of hydrogen-bond acceptors (Lipinski definition) is 6. The number of carbonyl (C=O) groups excluding carboxylic acids is 1. The predicted molar refractivity (Wildman–Crippen MR) is 178 cm³/mol. The van der Waals surface area contributed by atoms with Gasteiger partial charge in [-0.2, -0.15) is 13.2 Å². The molecule has 2 atom stereocenters. The first kappa shape index (κ1) is 35.8. The number of nitrogens with zero attached hydrogens (tertiary/aromatic N) is 4. The van der Waals surface area contributed by atoms with Crippen LogP contribution in [-0.4, -0.2) is 68.7 Å². The maximum atomic E-state index is 14.1. The lowest BCUT2D eigenvalue weighted by molar-refractivity contribution is -0.139.